The van der Waals surface area contributed by atoms with Crippen molar-refractivity contribution >= 4 is 70.2 Å². The van der Waals surface area contributed by atoms with Gasteiger partial charge in [0.25, 0.3) is 0 Å². The van der Waals surface area contributed by atoms with Crippen molar-refractivity contribution in [3.63, 3.8) is 0 Å². The first-order valence-corrected chi connectivity index (χ1v) is 17.1. The van der Waals surface area contributed by atoms with Crippen molar-refractivity contribution < 1.29 is 0 Å². The number of benzene rings is 5. The van der Waals surface area contributed by atoms with Crippen LogP contribution in [0.3, 0.4) is 0 Å². The number of allylic oxidation sites excluding steroid dienone is 1. The zero-order chi connectivity index (χ0) is 32.2. The Morgan fingerprint density at radius 2 is 1.40 bits per heavy atom. The summed E-state index contributed by atoms with van der Waals surface area (Å²) in [6.07, 6.45) is 11.1. The zero-order valence-corrected chi connectivity index (χ0v) is 27.4. The topological polar surface area (TPSA) is 51.6 Å². The molecule has 0 spiro atoms. The Labute approximate surface area is 282 Å². The summed E-state index contributed by atoms with van der Waals surface area (Å²) in [4.78, 5) is 19.6. The van der Waals surface area contributed by atoms with Gasteiger partial charge in [-0.05, 0) is 54.3 Å². The summed E-state index contributed by atoms with van der Waals surface area (Å²) in [7, 11) is 0. The van der Waals surface area contributed by atoms with Gasteiger partial charge in [0.2, 0.25) is 0 Å². The van der Waals surface area contributed by atoms with E-state index in [-0.39, 0.29) is 0 Å². The lowest BCUT2D eigenvalue weighted by atomic mass is 9.95. The van der Waals surface area contributed by atoms with Crippen LogP contribution in [0.25, 0.3) is 92.6 Å². The van der Waals surface area contributed by atoms with Gasteiger partial charge in [-0.1, -0.05) is 97.9 Å². The molecule has 0 radical (unpaired) electrons. The maximum atomic E-state index is 5.20. The third kappa shape index (κ3) is 4.58. The lowest BCUT2D eigenvalue weighted by Gasteiger charge is -2.12. The predicted molar refractivity (Wildman–Crippen MR) is 203 cm³/mol. The number of rotatable bonds is 5. The third-order valence-electron chi connectivity index (χ3n) is 9.31. The highest BCUT2D eigenvalue weighted by Gasteiger charge is 2.17. The van der Waals surface area contributed by atoms with Crippen molar-refractivity contribution in [3.05, 3.63) is 139 Å². The minimum Gasteiger partial charge on any atom is -0.256 e. The van der Waals surface area contributed by atoms with Gasteiger partial charge in [0.05, 0.1) is 16.7 Å². The maximum Gasteiger partial charge on any atom is 0.159 e. The van der Waals surface area contributed by atoms with E-state index in [2.05, 4.69) is 123 Å². The highest BCUT2D eigenvalue weighted by Crippen LogP contribution is 2.43. The average molecular weight is 635 g/mol. The number of aryl methyl sites for hydroxylation is 1. The molecule has 0 N–H and O–H groups in total. The molecule has 4 nitrogen and oxygen atoms in total. The second kappa shape index (κ2) is 11.5. The number of para-hydroxylation sites is 1. The second-order valence-electron chi connectivity index (χ2n) is 12.2. The van der Waals surface area contributed by atoms with E-state index in [1.165, 1.54) is 42.1 Å². The molecule has 0 atom stereocenters. The van der Waals surface area contributed by atoms with E-state index >= 15 is 0 Å². The lowest BCUT2D eigenvalue weighted by Crippen LogP contribution is -1.94. The van der Waals surface area contributed by atoms with Gasteiger partial charge in [0, 0.05) is 77.0 Å². The van der Waals surface area contributed by atoms with Crippen LogP contribution < -0.4 is 0 Å². The standard InChI is InChI=1S/C43H30N4S/c1-3-4-10-29-23-36(32-13-9-22-44-40(32)26(29)2)30-24-45-43(46-25-30)28-18-16-27(17-19-28)41-35-21-20-33-31-11-6-8-15-38(31)48-42(33)39(35)34-12-5-7-14-37(34)47-41/h4-25H,3H2,1-2H3/b10-4-. The molecule has 4 heterocycles. The molecule has 0 saturated carbocycles. The second-order valence-corrected chi connectivity index (χ2v) is 13.2. The number of pyridine rings is 2. The number of fused-ring (bicyclic) bond motifs is 8. The molecular formula is C43H30N4S. The van der Waals surface area contributed by atoms with Crippen molar-refractivity contribution in [2.24, 2.45) is 0 Å². The maximum absolute atomic E-state index is 5.20. The van der Waals surface area contributed by atoms with Gasteiger partial charge in [-0.2, -0.15) is 0 Å². The number of thiophene rings is 1. The predicted octanol–water partition coefficient (Wildman–Crippen LogP) is 11.8. The van der Waals surface area contributed by atoms with Gasteiger partial charge < -0.3 is 0 Å². The molecule has 5 aromatic carbocycles. The first-order chi connectivity index (χ1) is 23.7. The van der Waals surface area contributed by atoms with E-state index in [0.29, 0.717) is 5.82 Å². The fraction of sp³-hybridized carbons (Fsp3) is 0.0698. The molecule has 9 rings (SSSR count). The fourth-order valence-corrected chi connectivity index (χ4v) is 8.15. The van der Waals surface area contributed by atoms with Crippen molar-refractivity contribution in [1.82, 2.24) is 19.9 Å². The normalized spacial score (nSPS) is 12.0. The molecule has 0 amide bonds. The van der Waals surface area contributed by atoms with E-state index in [9.17, 15) is 0 Å². The summed E-state index contributed by atoms with van der Waals surface area (Å²) in [6, 6.07) is 36.5. The molecule has 0 bridgehead atoms. The van der Waals surface area contributed by atoms with Crippen LogP contribution in [-0.4, -0.2) is 19.9 Å². The van der Waals surface area contributed by atoms with Crippen LogP contribution in [0.2, 0.25) is 0 Å². The largest absolute Gasteiger partial charge is 0.256 e. The smallest absolute Gasteiger partial charge is 0.159 e. The van der Waals surface area contributed by atoms with Gasteiger partial charge in [0.15, 0.2) is 5.82 Å². The van der Waals surface area contributed by atoms with E-state index < -0.39 is 0 Å². The Balaban J connectivity index is 1.12. The molecule has 0 aliphatic rings. The minimum absolute atomic E-state index is 0.689. The van der Waals surface area contributed by atoms with Crippen LogP contribution >= 0.6 is 11.3 Å². The quantitative estimate of drug-likeness (QED) is 0.177. The van der Waals surface area contributed by atoms with Gasteiger partial charge in [-0.25, -0.2) is 15.0 Å². The molecule has 228 valence electrons. The summed E-state index contributed by atoms with van der Waals surface area (Å²) in [6.45, 7) is 4.29. The Bertz CT molecular complexity index is 2710. The Morgan fingerprint density at radius 1 is 0.667 bits per heavy atom. The van der Waals surface area contributed by atoms with Gasteiger partial charge in [0.1, 0.15) is 0 Å². The molecule has 48 heavy (non-hydrogen) atoms. The van der Waals surface area contributed by atoms with E-state index in [1.54, 1.807) is 0 Å². The molecule has 0 aliphatic carbocycles. The fourth-order valence-electron chi connectivity index (χ4n) is 6.89. The van der Waals surface area contributed by atoms with E-state index in [0.717, 1.165) is 56.2 Å². The number of hydrogen-bond acceptors (Lipinski definition) is 5. The molecule has 9 aromatic rings. The molecule has 5 heteroatoms. The van der Waals surface area contributed by atoms with Crippen LogP contribution in [0.15, 0.2) is 128 Å². The van der Waals surface area contributed by atoms with Crippen LogP contribution in [0.4, 0.5) is 0 Å². The summed E-state index contributed by atoms with van der Waals surface area (Å²) >= 11 is 1.86. The molecule has 4 aromatic heterocycles. The Morgan fingerprint density at radius 3 is 2.23 bits per heavy atom. The molecule has 0 fully saturated rings. The Kier molecular flexibility index (Phi) is 6.80. The van der Waals surface area contributed by atoms with Crippen molar-refractivity contribution in [3.8, 4) is 33.8 Å². The Hall–Kier alpha value is -5.78. The summed E-state index contributed by atoms with van der Waals surface area (Å²) in [5.41, 5.74) is 9.43. The summed E-state index contributed by atoms with van der Waals surface area (Å²) < 4.78 is 2.61. The molecule has 0 saturated heterocycles. The third-order valence-corrected chi connectivity index (χ3v) is 10.5. The zero-order valence-electron chi connectivity index (χ0n) is 26.6. The monoisotopic (exact) mass is 634 g/mol. The van der Waals surface area contributed by atoms with Gasteiger partial charge in [-0.3, -0.25) is 4.98 Å². The van der Waals surface area contributed by atoms with Crippen LogP contribution in [0.1, 0.15) is 24.5 Å². The van der Waals surface area contributed by atoms with Crippen LogP contribution in [0, 0.1) is 6.92 Å². The number of nitrogens with zero attached hydrogens (tertiary/aromatic N) is 4. The molecule has 0 unspecified atom stereocenters. The SMILES string of the molecule is CC/C=C\c1cc(-c2cnc(-c3ccc(-c4nc5ccccc5c5c4ccc4c6ccccc6sc45)cc3)nc2)c2cccnc2c1C. The van der Waals surface area contributed by atoms with Crippen LogP contribution in [0.5, 0.6) is 0 Å². The van der Waals surface area contributed by atoms with Crippen LogP contribution in [-0.2, 0) is 0 Å². The van der Waals surface area contributed by atoms with E-state index in [4.69, 9.17) is 19.9 Å². The highest BCUT2D eigenvalue weighted by molar-refractivity contribution is 7.26. The summed E-state index contributed by atoms with van der Waals surface area (Å²) in [5, 5.41) is 7.32. The highest BCUT2D eigenvalue weighted by atomic mass is 32.1. The minimum atomic E-state index is 0.689. The number of aromatic nitrogens is 4. The van der Waals surface area contributed by atoms with Crippen molar-refractivity contribution in [2.75, 3.05) is 0 Å². The average Bonchev–Trinajstić information content (AvgIpc) is 3.53. The first-order valence-electron chi connectivity index (χ1n) is 16.3. The number of hydrogen-bond donors (Lipinski definition) is 0. The molecular weight excluding hydrogens is 605 g/mol. The van der Waals surface area contributed by atoms with Gasteiger partial charge in [-0.15, -0.1) is 11.3 Å². The van der Waals surface area contributed by atoms with E-state index in [1.807, 2.05) is 36.0 Å². The van der Waals surface area contributed by atoms with Crippen molar-refractivity contribution in [1.29, 1.82) is 0 Å². The first kappa shape index (κ1) is 28.4. The molecule has 0 aliphatic heterocycles. The summed E-state index contributed by atoms with van der Waals surface area (Å²) in [5.74, 6) is 0.689. The van der Waals surface area contributed by atoms with Gasteiger partial charge >= 0.3 is 0 Å². The lowest BCUT2D eigenvalue weighted by molar-refractivity contribution is 1.18. The van der Waals surface area contributed by atoms with Crippen molar-refractivity contribution in [2.45, 2.75) is 20.3 Å².